The van der Waals surface area contributed by atoms with Crippen molar-refractivity contribution in [3.63, 3.8) is 0 Å². The van der Waals surface area contributed by atoms with Crippen molar-refractivity contribution in [2.45, 2.75) is 31.4 Å². The summed E-state index contributed by atoms with van der Waals surface area (Å²) in [5, 5.41) is 12.4. The topological polar surface area (TPSA) is 111 Å². The number of nitrogens with zero attached hydrogens (tertiary/aromatic N) is 2. The Morgan fingerprint density at radius 3 is 2.78 bits per heavy atom. The van der Waals surface area contributed by atoms with Crippen molar-refractivity contribution >= 4 is 23.2 Å². The minimum atomic E-state index is -1.10. The second-order valence-corrected chi connectivity index (χ2v) is 9.34. The van der Waals surface area contributed by atoms with Crippen LogP contribution < -0.4 is 14.8 Å². The number of carbonyl (C=O) groups excluding carboxylic acids is 1. The van der Waals surface area contributed by atoms with Gasteiger partial charge in [0, 0.05) is 24.4 Å². The predicted molar refractivity (Wildman–Crippen MR) is 134 cm³/mol. The number of carboxylic acids is 1. The third kappa shape index (κ3) is 5.52. The summed E-state index contributed by atoms with van der Waals surface area (Å²) in [7, 11) is 0. The lowest BCUT2D eigenvalue weighted by molar-refractivity contribution is -0.139. The third-order valence-electron chi connectivity index (χ3n) is 5.83. The van der Waals surface area contributed by atoms with E-state index >= 15 is 0 Å². The van der Waals surface area contributed by atoms with Gasteiger partial charge in [0.2, 0.25) is 0 Å². The molecule has 182 valence electrons. The zero-order valence-corrected chi connectivity index (χ0v) is 20.0. The Hall–Kier alpha value is -4.24. The number of amides is 1. The van der Waals surface area contributed by atoms with Crippen LogP contribution in [0.4, 0.5) is 0 Å². The van der Waals surface area contributed by atoms with Crippen molar-refractivity contribution in [3.8, 4) is 16.7 Å². The maximum absolute atomic E-state index is 12.7. The van der Waals surface area contributed by atoms with E-state index in [0.29, 0.717) is 10.9 Å². The van der Waals surface area contributed by atoms with Crippen molar-refractivity contribution in [1.82, 2.24) is 15.3 Å². The van der Waals surface area contributed by atoms with E-state index in [1.165, 1.54) is 6.20 Å². The molecule has 8 nitrogen and oxygen atoms in total. The number of fused-ring (bicyclic) bond motifs is 1. The Balaban J connectivity index is 1.22. The fraction of sp³-hybridized carbons (Fsp3) is 0.185. The number of rotatable bonds is 8. The van der Waals surface area contributed by atoms with Gasteiger partial charge in [-0.15, -0.1) is 0 Å². The number of carboxylic acid groups (broad SMARTS) is 1. The third-order valence-corrected chi connectivity index (χ3v) is 6.71. The largest absolute Gasteiger partial charge is 0.485 e. The fourth-order valence-electron chi connectivity index (χ4n) is 4.02. The highest BCUT2D eigenvalue weighted by atomic mass is 32.1. The van der Waals surface area contributed by atoms with E-state index in [1.54, 1.807) is 12.3 Å². The molecule has 5 rings (SSSR count). The lowest BCUT2D eigenvalue weighted by atomic mass is 9.98. The molecular weight excluding hydrogens is 478 g/mol. The van der Waals surface area contributed by atoms with Gasteiger partial charge < -0.3 is 19.9 Å². The second kappa shape index (κ2) is 10.6. The number of aromatic nitrogens is 2. The maximum Gasteiger partial charge on any atom is 0.326 e. The molecule has 0 fully saturated rings. The predicted octanol–water partition coefficient (Wildman–Crippen LogP) is 4.82. The van der Waals surface area contributed by atoms with Crippen molar-refractivity contribution < 1.29 is 24.2 Å². The molecule has 9 heteroatoms. The molecule has 0 saturated heterocycles. The monoisotopic (exact) mass is 501 g/mol. The van der Waals surface area contributed by atoms with Gasteiger partial charge in [0.25, 0.3) is 11.1 Å². The van der Waals surface area contributed by atoms with Gasteiger partial charge in [0.15, 0.2) is 0 Å². The Morgan fingerprint density at radius 1 is 1.14 bits per heavy atom. The first-order valence-electron chi connectivity index (χ1n) is 11.5. The number of benzene rings is 2. The zero-order chi connectivity index (χ0) is 24.9. The normalized spacial score (nSPS) is 15.3. The number of thiazole rings is 1. The van der Waals surface area contributed by atoms with Crippen LogP contribution in [0.1, 0.15) is 38.9 Å². The molecule has 1 aliphatic heterocycles. The standard InChI is InChI=1S/C27H23N3O5S/c31-25(30-21(26(32)33)13-17-5-2-1-3-6-17)24-16-29-27(36-24)34-20-9-11-22-18(14-20)8-10-23(35-22)19-7-4-12-28-15-19/h1-7,9,11-12,14-16,21,23H,8,10,13H2,(H,30,31)(H,32,33)/t21?,23-/m0/s1. The second-order valence-electron chi connectivity index (χ2n) is 8.35. The lowest BCUT2D eigenvalue weighted by Gasteiger charge is -2.26. The quantitative estimate of drug-likeness (QED) is 0.356. The molecule has 1 unspecified atom stereocenters. The highest BCUT2D eigenvalue weighted by Crippen LogP contribution is 2.37. The molecule has 2 aromatic heterocycles. The molecule has 0 bridgehead atoms. The van der Waals surface area contributed by atoms with Crippen molar-refractivity contribution in [3.05, 3.63) is 101 Å². The average molecular weight is 502 g/mol. The Labute approximate surface area is 211 Å². The number of aliphatic carboxylic acids is 1. The first-order valence-corrected chi connectivity index (χ1v) is 12.3. The lowest BCUT2D eigenvalue weighted by Crippen LogP contribution is -2.42. The molecule has 0 saturated carbocycles. The van der Waals surface area contributed by atoms with Crippen LogP contribution >= 0.6 is 11.3 Å². The molecule has 0 aliphatic carbocycles. The fourth-order valence-corrected chi connectivity index (χ4v) is 4.71. The first kappa shape index (κ1) is 23.5. The number of hydrogen-bond acceptors (Lipinski definition) is 7. The number of pyridine rings is 1. The first-order chi connectivity index (χ1) is 17.5. The molecule has 0 spiro atoms. The van der Waals surface area contributed by atoms with E-state index in [9.17, 15) is 14.7 Å². The summed E-state index contributed by atoms with van der Waals surface area (Å²) in [6.07, 6.45) is 6.76. The molecular formula is C27H23N3O5S. The van der Waals surface area contributed by atoms with Crippen LogP contribution in [0.5, 0.6) is 16.7 Å². The summed E-state index contributed by atoms with van der Waals surface area (Å²) in [5.74, 6) is -0.216. The Morgan fingerprint density at radius 2 is 2.00 bits per heavy atom. The van der Waals surface area contributed by atoms with Gasteiger partial charge in [0.05, 0.1) is 6.20 Å². The van der Waals surface area contributed by atoms with Crippen LogP contribution in [-0.4, -0.2) is 33.0 Å². The van der Waals surface area contributed by atoms with E-state index in [2.05, 4.69) is 15.3 Å². The summed E-state index contributed by atoms with van der Waals surface area (Å²) in [4.78, 5) is 33.0. The van der Waals surface area contributed by atoms with Crippen LogP contribution in [0.2, 0.25) is 0 Å². The van der Waals surface area contributed by atoms with Gasteiger partial charge in [-0.25, -0.2) is 9.78 Å². The van der Waals surface area contributed by atoms with Crippen LogP contribution in [0.25, 0.3) is 0 Å². The molecule has 3 heterocycles. The smallest absolute Gasteiger partial charge is 0.326 e. The van der Waals surface area contributed by atoms with Gasteiger partial charge in [-0.1, -0.05) is 47.7 Å². The minimum absolute atomic E-state index is 0.0329. The van der Waals surface area contributed by atoms with Crippen LogP contribution in [0, 0.1) is 0 Å². The average Bonchev–Trinajstić information content (AvgIpc) is 3.37. The van der Waals surface area contributed by atoms with Crippen LogP contribution in [0.3, 0.4) is 0 Å². The summed E-state index contributed by atoms with van der Waals surface area (Å²) in [6, 6.07) is 17.6. The van der Waals surface area contributed by atoms with E-state index < -0.39 is 17.9 Å². The number of nitrogens with one attached hydrogen (secondary N) is 1. The number of hydrogen-bond donors (Lipinski definition) is 2. The van der Waals surface area contributed by atoms with Crippen molar-refractivity contribution in [1.29, 1.82) is 0 Å². The summed E-state index contributed by atoms with van der Waals surface area (Å²) in [6.45, 7) is 0. The molecule has 2 atom stereocenters. The van der Waals surface area contributed by atoms with E-state index in [1.807, 2.05) is 60.8 Å². The van der Waals surface area contributed by atoms with E-state index in [0.717, 1.165) is 46.6 Å². The summed E-state index contributed by atoms with van der Waals surface area (Å²) in [5.41, 5.74) is 2.90. The minimum Gasteiger partial charge on any atom is -0.485 e. The van der Waals surface area contributed by atoms with E-state index in [4.69, 9.17) is 9.47 Å². The van der Waals surface area contributed by atoms with Crippen LogP contribution in [-0.2, 0) is 17.6 Å². The van der Waals surface area contributed by atoms with Gasteiger partial charge in [-0.2, -0.15) is 0 Å². The van der Waals surface area contributed by atoms with Gasteiger partial charge in [0.1, 0.15) is 28.5 Å². The Kier molecular flexibility index (Phi) is 6.90. The van der Waals surface area contributed by atoms with E-state index in [-0.39, 0.29) is 17.4 Å². The Bertz CT molecular complexity index is 1360. The highest BCUT2D eigenvalue weighted by molar-refractivity contribution is 7.15. The van der Waals surface area contributed by atoms with Crippen molar-refractivity contribution in [2.24, 2.45) is 0 Å². The number of carbonyl (C=O) groups is 2. The van der Waals surface area contributed by atoms with Gasteiger partial charge in [-0.3, -0.25) is 9.78 Å². The molecule has 4 aromatic rings. The highest BCUT2D eigenvalue weighted by Gasteiger charge is 2.24. The van der Waals surface area contributed by atoms with Crippen LogP contribution in [0.15, 0.2) is 79.3 Å². The van der Waals surface area contributed by atoms with Gasteiger partial charge in [-0.05, 0) is 48.2 Å². The zero-order valence-electron chi connectivity index (χ0n) is 19.2. The maximum atomic E-state index is 12.7. The molecule has 2 aromatic carbocycles. The summed E-state index contributed by atoms with van der Waals surface area (Å²) >= 11 is 1.05. The number of ether oxygens (including phenoxy) is 2. The SMILES string of the molecule is O=C(NC(Cc1ccccc1)C(=O)O)c1cnc(Oc2ccc3c(c2)CC[C@@H](c2cccnc2)O3)s1. The molecule has 36 heavy (non-hydrogen) atoms. The molecule has 0 radical (unpaired) electrons. The van der Waals surface area contributed by atoms with Crippen molar-refractivity contribution in [2.75, 3.05) is 0 Å². The molecule has 1 amide bonds. The number of aryl methyl sites for hydroxylation is 1. The summed E-state index contributed by atoms with van der Waals surface area (Å²) < 4.78 is 12.0. The molecule has 1 aliphatic rings. The van der Waals surface area contributed by atoms with Gasteiger partial charge >= 0.3 is 5.97 Å². The molecule has 2 N–H and O–H groups in total.